The van der Waals surface area contributed by atoms with E-state index in [-0.39, 0.29) is 11.3 Å². The molecule has 1 N–H and O–H groups in total. The van der Waals surface area contributed by atoms with Gasteiger partial charge in [-0.1, -0.05) is 23.7 Å². The molecule has 0 radical (unpaired) electrons. The molecule has 2 aromatic carbocycles. The highest BCUT2D eigenvalue weighted by Crippen LogP contribution is 2.23. The summed E-state index contributed by atoms with van der Waals surface area (Å²) in [5.41, 5.74) is 0.352. The van der Waals surface area contributed by atoms with Crippen molar-refractivity contribution in [3.8, 4) is 0 Å². The van der Waals surface area contributed by atoms with E-state index in [1.165, 1.54) is 18.2 Å². The summed E-state index contributed by atoms with van der Waals surface area (Å²) in [6, 6.07) is 10.9. The van der Waals surface area contributed by atoms with Gasteiger partial charge >= 0.3 is 0 Å². The molecule has 0 saturated carbocycles. The van der Waals surface area contributed by atoms with Crippen molar-refractivity contribution in [2.45, 2.75) is 0 Å². The Bertz CT molecular complexity index is 688. The van der Waals surface area contributed by atoms with Gasteiger partial charge in [0.1, 0.15) is 0 Å². The number of rotatable bonds is 3. The molecule has 0 unspecified atom stereocenters. The van der Waals surface area contributed by atoms with Crippen LogP contribution in [0.15, 0.2) is 46.9 Å². The summed E-state index contributed by atoms with van der Waals surface area (Å²) in [6.45, 7) is 0. The quantitative estimate of drug-likeness (QED) is 0.922. The zero-order valence-corrected chi connectivity index (χ0v) is 12.4. The van der Waals surface area contributed by atoms with E-state index in [0.717, 1.165) is 0 Å². The van der Waals surface area contributed by atoms with Crippen LogP contribution in [0.3, 0.4) is 0 Å². The normalized spacial score (nSPS) is 10.1. The maximum absolute atomic E-state index is 12.1. The largest absolute Gasteiger partial charge is 0.545 e. The topological polar surface area (TPSA) is 69.2 Å². The first-order chi connectivity index (χ1) is 9.49. The van der Waals surface area contributed by atoms with Gasteiger partial charge in [0.05, 0.1) is 17.2 Å². The molecule has 0 atom stereocenters. The maximum atomic E-state index is 12.1. The Morgan fingerprint density at radius 3 is 2.45 bits per heavy atom. The molecule has 0 aliphatic heterocycles. The summed E-state index contributed by atoms with van der Waals surface area (Å²) in [5.74, 6) is -1.83. The highest BCUT2D eigenvalue weighted by atomic mass is 79.9. The van der Waals surface area contributed by atoms with Crippen LogP contribution in [0.1, 0.15) is 20.7 Å². The minimum absolute atomic E-state index is 0.0956. The molecule has 0 saturated heterocycles. The third-order valence-corrected chi connectivity index (χ3v) is 3.49. The fourth-order valence-electron chi connectivity index (χ4n) is 1.63. The zero-order chi connectivity index (χ0) is 14.7. The lowest BCUT2D eigenvalue weighted by Crippen LogP contribution is -2.25. The van der Waals surface area contributed by atoms with Crippen molar-refractivity contribution < 1.29 is 14.7 Å². The molecular formula is C14H8BrClNO3-. The molecule has 0 spiro atoms. The van der Waals surface area contributed by atoms with Gasteiger partial charge in [-0.2, -0.15) is 0 Å². The molecule has 0 aliphatic carbocycles. The monoisotopic (exact) mass is 352 g/mol. The van der Waals surface area contributed by atoms with E-state index < -0.39 is 11.9 Å². The van der Waals surface area contributed by atoms with Crippen LogP contribution < -0.4 is 10.4 Å². The van der Waals surface area contributed by atoms with Crippen molar-refractivity contribution in [3.63, 3.8) is 0 Å². The van der Waals surface area contributed by atoms with Crippen LogP contribution >= 0.6 is 27.5 Å². The summed E-state index contributed by atoms with van der Waals surface area (Å²) >= 11 is 9.06. The molecule has 2 aromatic rings. The third kappa shape index (κ3) is 3.18. The number of hydrogen-bond donors (Lipinski definition) is 1. The minimum Gasteiger partial charge on any atom is -0.545 e. The fourth-order valence-corrected chi connectivity index (χ4v) is 2.27. The number of anilines is 1. The molecule has 0 bridgehead atoms. The van der Waals surface area contributed by atoms with Crippen molar-refractivity contribution in [1.29, 1.82) is 0 Å². The Morgan fingerprint density at radius 2 is 1.80 bits per heavy atom. The van der Waals surface area contributed by atoms with Gasteiger partial charge in [-0.3, -0.25) is 4.79 Å². The number of carbonyl (C=O) groups excluding carboxylic acids is 2. The summed E-state index contributed by atoms with van der Waals surface area (Å²) in [5, 5.41) is 13.8. The fraction of sp³-hybridized carbons (Fsp3) is 0. The van der Waals surface area contributed by atoms with Gasteiger partial charge in [0.25, 0.3) is 5.91 Å². The number of benzene rings is 2. The Balaban J connectivity index is 2.35. The second-order valence-corrected chi connectivity index (χ2v) is 5.20. The Hall–Kier alpha value is -1.85. The first-order valence-corrected chi connectivity index (χ1v) is 6.73. The van der Waals surface area contributed by atoms with Gasteiger partial charge in [0.2, 0.25) is 0 Å². The third-order valence-electron chi connectivity index (χ3n) is 2.57. The van der Waals surface area contributed by atoms with Crippen LogP contribution in [0.5, 0.6) is 0 Å². The second-order valence-electron chi connectivity index (χ2n) is 3.91. The summed E-state index contributed by atoms with van der Waals surface area (Å²) < 4.78 is 0.606. The smallest absolute Gasteiger partial charge is 0.256 e. The number of hydrogen-bond acceptors (Lipinski definition) is 3. The van der Waals surface area contributed by atoms with Crippen LogP contribution in [0.4, 0.5) is 5.69 Å². The Morgan fingerprint density at radius 1 is 1.10 bits per heavy atom. The van der Waals surface area contributed by atoms with Crippen molar-refractivity contribution in [2.75, 3.05) is 5.32 Å². The van der Waals surface area contributed by atoms with Crippen LogP contribution in [-0.4, -0.2) is 11.9 Å². The van der Waals surface area contributed by atoms with Gasteiger partial charge in [0, 0.05) is 15.1 Å². The predicted molar refractivity (Wildman–Crippen MR) is 77.9 cm³/mol. The van der Waals surface area contributed by atoms with Crippen LogP contribution in [0.2, 0.25) is 5.02 Å². The van der Waals surface area contributed by atoms with E-state index in [1.54, 1.807) is 24.3 Å². The van der Waals surface area contributed by atoms with Crippen LogP contribution in [0, 0.1) is 0 Å². The van der Waals surface area contributed by atoms with Gasteiger partial charge in [-0.05, 0) is 46.3 Å². The zero-order valence-electron chi connectivity index (χ0n) is 10.0. The molecule has 0 aromatic heterocycles. The Kier molecular flexibility index (Phi) is 4.42. The number of halogens is 2. The maximum Gasteiger partial charge on any atom is 0.256 e. The summed E-state index contributed by atoms with van der Waals surface area (Å²) in [6.07, 6.45) is 0. The molecule has 0 heterocycles. The van der Waals surface area contributed by atoms with E-state index in [9.17, 15) is 14.7 Å². The highest BCUT2D eigenvalue weighted by molar-refractivity contribution is 9.10. The lowest BCUT2D eigenvalue weighted by Gasteiger charge is -2.12. The standard InChI is InChI=1S/C14H9BrClNO3/c15-11-4-2-1-3-9(11)13(18)17-12-7-8(16)5-6-10(12)14(19)20/h1-7H,(H,17,18)(H,19,20)/p-1. The number of carboxylic acids is 1. The first kappa shape index (κ1) is 14.6. The number of carboxylic acid groups (broad SMARTS) is 1. The van der Waals surface area contributed by atoms with Gasteiger partial charge < -0.3 is 15.2 Å². The van der Waals surface area contributed by atoms with E-state index >= 15 is 0 Å². The number of amides is 1. The van der Waals surface area contributed by atoms with Gasteiger partial charge in [-0.15, -0.1) is 0 Å². The van der Waals surface area contributed by atoms with Crippen molar-refractivity contribution in [2.24, 2.45) is 0 Å². The van der Waals surface area contributed by atoms with Crippen LogP contribution in [0.25, 0.3) is 0 Å². The number of aromatic carboxylic acids is 1. The first-order valence-electron chi connectivity index (χ1n) is 5.56. The van der Waals surface area contributed by atoms with Crippen molar-refractivity contribution in [3.05, 3.63) is 63.1 Å². The lowest BCUT2D eigenvalue weighted by molar-refractivity contribution is -0.254. The highest BCUT2D eigenvalue weighted by Gasteiger charge is 2.12. The molecule has 0 fully saturated rings. The summed E-state index contributed by atoms with van der Waals surface area (Å²) in [7, 11) is 0. The molecule has 0 aliphatic rings. The number of carbonyl (C=O) groups is 2. The molecule has 20 heavy (non-hydrogen) atoms. The van der Waals surface area contributed by atoms with Crippen molar-refractivity contribution in [1.82, 2.24) is 0 Å². The van der Waals surface area contributed by atoms with Crippen LogP contribution in [-0.2, 0) is 0 Å². The van der Waals surface area contributed by atoms with Crippen molar-refractivity contribution >= 4 is 45.1 Å². The molecule has 102 valence electrons. The minimum atomic E-state index is -1.39. The van der Waals surface area contributed by atoms with E-state index in [2.05, 4.69) is 21.2 Å². The van der Waals surface area contributed by atoms with E-state index in [0.29, 0.717) is 15.1 Å². The molecule has 4 nitrogen and oxygen atoms in total. The lowest BCUT2D eigenvalue weighted by atomic mass is 10.1. The van der Waals surface area contributed by atoms with E-state index in [4.69, 9.17) is 11.6 Å². The second kappa shape index (κ2) is 6.07. The number of nitrogens with one attached hydrogen (secondary N) is 1. The molecule has 6 heteroatoms. The molecule has 1 amide bonds. The van der Waals surface area contributed by atoms with Gasteiger partial charge in [-0.25, -0.2) is 0 Å². The average Bonchev–Trinajstić information content (AvgIpc) is 2.38. The molecule has 2 rings (SSSR count). The summed E-state index contributed by atoms with van der Waals surface area (Å²) in [4.78, 5) is 23.1. The van der Waals surface area contributed by atoms with E-state index in [1.807, 2.05) is 0 Å². The predicted octanol–water partition coefficient (Wildman–Crippen LogP) is 2.72. The molecular weight excluding hydrogens is 346 g/mol. The Labute approximate surface area is 128 Å². The average molecular weight is 354 g/mol. The SMILES string of the molecule is O=C(Nc1cc(Cl)ccc1C(=O)[O-])c1ccccc1Br. The van der Waals surface area contributed by atoms with Gasteiger partial charge in [0.15, 0.2) is 0 Å².